The first-order chi connectivity index (χ1) is 15.2. The Kier molecular flexibility index (Phi) is 7.59. The Morgan fingerprint density at radius 3 is 2.81 bits per heavy atom. The molecule has 0 N–H and O–H groups in total. The first-order valence-corrected chi connectivity index (χ1v) is 11.5. The van der Waals surface area contributed by atoms with Crippen LogP contribution in [0.2, 0.25) is 0 Å². The predicted molar refractivity (Wildman–Crippen MR) is 119 cm³/mol. The third-order valence-corrected chi connectivity index (χ3v) is 6.32. The van der Waals surface area contributed by atoms with Crippen LogP contribution in [0.1, 0.15) is 25.7 Å². The fourth-order valence-electron chi connectivity index (χ4n) is 4.52. The summed E-state index contributed by atoms with van der Waals surface area (Å²) in [6, 6.07) is 7.43. The summed E-state index contributed by atoms with van der Waals surface area (Å²) in [5.41, 5.74) is 0.681. The van der Waals surface area contributed by atoms with Gasteiger partial charge < -0.3 is 14.4 Å². The standard InChI is InChI=1S/C24H33N3O4/c28-23(18-27-21-9-4-5-10-22(21)31-19-24(27)29)26(17-20-7-2-1-3-8-20)12-6-11-25-13-15-30-16-14-25/h1-2,4-5,9-10,20H,3,6-8,11-19H2/t20-/m1/s1. The van der Waals surface area contributed by atoms with Crippen molar-refractivity contribution in [3.63, 3.8) is 0 Å². The Hall–Kier alpha value is -2.38. The number of carbonyl (C=O) groups is 2. The molecule has 31 heavy (non-hydrogen) atoms. The number of fused-ring (bicyclic) bond motifs is 1. The fraction of sp³-hybridized carbons (Fsp3) is 0.583. The molecule has 7 nitrogen and oxygen atoms in total. The molecule has 1 aromatic rings. The zero-order valence-corrected chi connectivity index (χ0v) is 18.2. The predicted octanol–water partition coefficient (Wildman–Crippen LogP) is 2.32. The Morgan fingerprint density at radius 2 is 2.00 bits per heavy atom. The van der Waals surface area contributed by atoms with Crippen molar-refractivity contribution < 1.29 is 19.1 Å². The molecule has 3 aliphatic rings. The van der Waals surface area contributed by atoms with E-state index in [0.717, 1.165) is 71.6 Å². The summed E-state index contributed by atoms with van der Waals surface area (Å²) in [6.45, 7) is 5.99. The van der Waals surface area contributed by atoms with E-state index in [1.807, 2.05) is 29.2 Å². The van der Waals surface area contributed by atoms with Crippen LogP contribution in [0.4, 0.5) is 5.69 Å². The van der Waals surface area contributed by atoms with Gasteiger partial charge in [-0.15, -0.1) is 0 Å². The summed E-state index contributed by atoms with van der Waals surface area (Å²) >= 11 is 0. The number of hydrogen-bond acceptors (Lipinski definition) is 5. The van der Waals surface area contributed by atoms with E-state index in [4.69, 9.17) is 9.47 Å². The second-order valence-corrected chi connectivity index (χ2v) is 8.53. The molecule has 1 aromatic carbocycles. The minimum Gasteiger partial charge on any atom is -0.482 e. The molecule has 2 heterocycles. The van der Waals surface area contributed by atoms with E-state index in [2.05, 4.69) is 17.1 Å². The third-order valence-electron chi connectivity index (χ3n) is 6.32. The molecule has 0 spiro atoms. The van der Waals surface area contributed by atoms with Gasteiger partial charge in [0, 0.05) is 32.7 Å². The molecule has 7 heteroatoms. The van der Waals surface area contributed by atoms with E-state index in [0.29, 0.717) is 17.4 Å². The number of carbonyl (C=O) groups excluding carboxylic acids is 2. The minimum atomic E-state index is -0.166. The Morgan fingerprint density at radius 1 is 1.16 bits per heavy atom. The van der Waals surface area contributed by atoms with Crippen LogP contribution in [0, 0.1) is 5.92 Å². The van der Waals surface area contributed by atoms with Gasteiger partial charge in [0.25, 0.3) is 5.91 Å². The molecule has 0 bridgehead atoms. The average Bonchev–Trinajstić information content (AvgIpc) is 2.81. The molecule has 0 aromatic heterocycles. The molecular weight excluding hydrogens is 394 g/mol. The normalized spacial score (nSPS) is 21.5. The van der Waals surface area contributed by atoms with Gasteiger partial charge in [-0.05, 0) is 43.7 Å². The number of benzene rings is 1. The molecular formula is C24H33N3O4. The summed E-state index contributed by atoms with van der Waals surface area (Å²) in [5.74, 6) is 0.999. The molecule has 0 unspecified atom stereocenters. The van der Waals surface area contributed by atoms with Crippen molar-refractivity contribution in [1.29, 1.82) is 0 Å². The van der Waals surface area contributed by atoms with Crippen LogP contribution in [0.25, 0.3) is 0 Å². The number of para-hydroxylation sites is 2. The monoisotopic (exact) mass is 427 g/mol. The SMILES string of the molecule is O=C(CN1C(=O)COc2ccccc21)N(CCCN1CCOCC1)C[C@@H]1CC=CCC1. The maximum absolute atomic E-state index is 13.4. The second-order valence-electron chi connectivity index (χ2n) is 8.53. The molecule has 1 atom stereocenters. The number of allylic oxidation sites excluding steroid dienone is 2. The molecule has 2 aliphatic heterocycles. The number of nitrogens with zero attached hydrogens (tertiary/aromatic N) is 3. The molecule has 0 saturated carbocycles. The van der Waals surface area contributed by atoms with Crippen molar-refractivity contribution >= 4 is 17.5 Å². The van der Waals surface area contributed by atoms with Crippen molar-refractivity contribution in [3.8, 4) is 5.75 Å². The highest BCUT2D eigenvalue weighted by Crippen LogP contribution is 2.31. The lowest BCUT2D eigenvalue weighted by Gasteiger charge is -2.33. The molecule has 0 radical (unpaired) electrons. The molecule has 4 rings (SSSR count). The molecule has 1 saturated heterocycles. The van der Waals surface area contributed by atoms with Crippen LogP contribution in [-0.4, -0.2) is 80.7 Å². The summed E-state index contributed by atoms with van der Waals surface area (Å²) in [6.07, 6.45) is 8.60. The quantitative estimate of drug-likeness (QED) is 0.596. The van der Waals surface area contributed by atoms with Crippen molar-refractivity contribution in [1.82, 2.24) is 9.80 Å². The number of anilines is 1. The van der Waals surface area contributed by atoms with Gasteiger partial charge in [-0.1, -0.05) is 24.3 Å². The average molecular weight is 428 g/mol. The van der Waals surface area contributed by atoms with Crippen LogP contribution in [-0.2, 0) is 14.3 Å². The van der Waals surface area contributed by atoms with Crippen molar-refractivity contribution in [2.45, 2.75) is 25.7 Å². The lowest BCUT2D eigenvalue weighted by Crippen LogP contribution is -2.48. The van der Waals surface area contributed by atoms with Gasteiger partial charge in [-0.3, -0.25) is 19.4 Å². The highest BCUT2D eigenvalue weighted by atomic mass is 16.5. The Labute approximate surface area is 184 Å². The summed E-state index contributed by atoms with van der Waals surface area (Å²) in [5, 5.41) is 0. The largest absolute Gasteiger partial charge is 0.482 e. The maximum Gasteiger partial charge on any atom is 0.265 e. The summed E-state index contributed by atoms with van der Waals surface area (Å²) in [7, 11) is 0. The number of ether oxygens (including phenoxy) is 2. The first kappa shape index (κ1) is 21.8. The lowest BCUT2D eigenvalue weighted by atomic mass is 9.94. The van der Waals surface area contributed by atoms with Gasteiger partial charge in [0.2, 0.25) is 5.91 Å². The topological polar surface area (TPSA) is 62.3 Å². The summed E-state index contributed by atoms with van der Waals surface area (Å²) in [4.78, 5) is 31.9. The van der Waals surface area contributed by atoms with Gasteiger partial charge in [0.05, 0.1) is 18.9 Å². The Balaban J connectivity index is 1.40. The van der Waals surface area contributed by atoms with Crippen LogP contribution in [0.15, 0.2) is 36.4 Å². The van der Waals surface area contributed by atoms with Crippen LogP contribution in [0.3, 0.4) is 0 Å². The van der Waals surface area contributed by atoms with Crippen molar-refractivity contribution in [2.75, 3.05) is 64.0 Å². The minimum absolute atomic E-state index is 0.0154. The highest BCUT2D eigenvalue weighted by Gasteiger charge is 2.29. The van der Waals surface area contributed by atoms with Crippen LogP contribution < -0.4 is 9.64 Å². The van der Waals surface area contributed by atoms with Gasteiger partial charge in [0.15, 0.2) is 6.61 Å². The molecule has 2 amide bonds. The number of rotatable bonds is 8. The van der Waals surface area contributed by atoms with Gasteiger partial charge in [0.1, 0.15) is 12.3 Å². The van der Waals surface area contributed by atoms with E-state index in [-0.39, 0.29) is 25.0 Å². The highest BCUT2D eigenvalue weighted by molar-refractivity contribution is 6.02. The van der Waals surface area contributed by atoms with E-state index in [9.17, 15) is 9.59 Å². The smallest absolute Gasteiger partial charge is 0.265 e. The van der Waals surface area contributed by atoms with E-state index in [1.54, 1.807) is 4.90 Å². The molecule has 1 fully saturated rings. The summed E-state index contributed by atoms with van der Waals surface area (Å²) < 4.78 is 11.0. The zero-order valence-electron chi connectivity index (χ0n) is 18.2. The van der Waals surface area contributed by atoms with E-state index >= 15 is 0 Å². The lowest BCUT2D eigenvalue weighted by molar-refractivity contribution is -0.132. The third kappa shape index (κ3) is 5.86. The number of morpholine rings is 1. The number of amides is 2. The second kappa shape index (κ2) is 10.8. The molecule has 1 aliphatic carbocycles. The van der Waals surface area contributed by atoms with Crippen molar-refractivity contribution in [2.24, 2.45) is 5.92 Å². The van der Waals surface area contributed by atoms with E-state index in [1.165, 1.54) is 0 Å². The van der Waals surface area contributed by atoms with Gasteiger partial charge >= 0.3 is 0 Å². The zero-order chi connectivity index (χ0) is 21.5. The Bertz CT molecular complexity index is 791. The first-order valence-electron chi connectivity index (χ1n) is 11.5. The van der Waals surface area contributed by atoms with Gasteiger partial charge in [-0.2, -0.15) is 0 Å². The van der Waals surface area contributed by atoms with Crippen LogP contribution in [0.5, 0.6) is 5.75 Å². The number of hydrogen-bond donors (Lipinski definition) is 0. The van der Waals surface area contributed by atoms with E-state index < -0.39 is 0 Å². The molecule has 168 valence electrons. The van der Waals surface area contributed by atoms with Gasteiger partial charge in [-0.25, -0.2) is 0 Å². The maximum atomic E-state index is 13.4. The van der Waals surface area contributed by atoms with Crippen LogP contribution >= 0.6 is 0 Å². The fourth-order valence-corrected chi connectivity index (χ4v) is 4.52. The van der Waals surface area contributed by atoms with Crippen molar-refractivity contribution in [3.05, 3.63) is 36.4 Å².